The second kappa shape index (κ2) is 9.37. The summed E-state index contributed by atoms with van der Waals surface area (Å²) in [6.45, 7) is -0.295. The van der Waals surface area contributed by atoms with Crippen LogP contribution in [0, 0.1) is 0 Å². The molecule has 0 radical (unpaired) electrons. The summed E-state index contributed by atoms with van der Waals surface area (Å²) in [5.74, 6) is 0.172. The van der Waals surface area contributed by atoms with Crippen molar-refractivity contribution >= 4 is 17.8 Å². The van der Waals surface area contributed by atoms with E-state index < -0.39 is 17.8 Å². The van der Waals surface area contributed by atoms with Gasteiger partial charge in [-0.15, -0.1) is 0 Å². The molecular formula is C25H19N3O8. The van der Waals surface area contributed by atoms with Crippen LogP contribution in [0.3, 0.4) is 0 Å². The second-order valence-corrected chi connectivity index (χ2v) is 7.69. The number of benzene rings is 2. The number of esters is 1. The van der Waals surface area contributed by atoms with E-state index in [0.29, 0.717) is 22.8 Å². The molecule has 0 atom stereocenters. The number of hydrogen-bond acceptors (Lipinski definition) is 10. The molecule has 1 aliphatic rings. The lowest BCUT2D eigenvalue weighted by Crippen LogP contribution is -2.28. The minimum atomic E-state index is -0.718. The van der Waals surface area contributed by atoms with Crippen LogP contribution in [-0.4, -0.2) is 47.0 Å². The van der Waals surface area contributed by atoms with Crippen LogP contribution < -0.4 is 9.47 Å². The molecule has 36 heavy (non-hydrogen) atoms. The van der Waals surface area contributed by atoms with Crippen LogP contribution in [0.5, 0.6) is 11.5 Å². The zero-order valence-corrected chi connectivity index (χ0v) is 19.2. The number of aromatic nitrogens is 2. The number of carbonyl (C=O) groups excluding carboxylic acids is 3. The summed E-state index contributed by atoms with van der Waals surface area (Å²) in [6.07, 6.45) is 1.46. The van der Waals surface area contributed by atoms with E-state index in [1.165, 1.54) is 31.6 Å². The van der Waals surface area contributed by atoms with E-state index in [-0.39, 0.29) is 41.6 Å². The van der Waals surface area contributed by atoms with Crippen LogP contribution in [0.1, 0.15) is 42.7 Å². The van der Waals surface area contributed by atoms with Gasteiger partial charge >= 0.3 is 5.97 Å². The molecule has 182 valence electrons. The Morgan fingerprint density at radius 2 is 1.78 bits per heavy atom. The number of furan rings is 1. The van der Waals surface area contributed by atoms with Crippen LogP contribution >= 0.6 is 0 Å². The molecule has 0 saturated heterocycles. The molecule has 2 aromatic carbocycles. The first-order valence-electron chi connectivity index (χ1n) is 10.7. The maximum Gasteiger partial charge on any atom is 0.338 e. The van der Waals surface area contributed by atoms with Crippen molar-refractivity contribution in [3.05, 3.63) is 83.1 Å². The normalized spacial score (nSPS) is 12.6. The molecule has 11 heteroatoms. The molecule has 4 aromatic rings. The SMILES string of the molecule is COc1ccc(-c2noc(COC(=O)c3ccc4c(c3)C(=O)N(Cc3ccco3)C4=O)n2)c(OC)c1. The first kappa shape index (κ1) is 22.8. The highest BCUT2D eigenvalue weighted by Crippen LogP contribution is 2.31. The van der Waals surface area contributed by atoms with E-state index in [9.17, 15) is 14.4 Å². The fourth-order valence-corrected chi connectivity index (χ4v) is 3.74. The summed E-state index contributed by atoms with van der Waals surface area (Å²) < 4.78 is 26.2. The molecule has 2 amide bonds. The molecule has 0 saturated carbocycles. The average Bonchev–Trinajstić information content (AvgIpc) is 3.65. The summed E-state index contributed by atoms with van der Waals surface area (Å²) in [5, 5.41) is 3.91. The highest BCUT2D eigenvalue weighted by Gasteiger charge is 2.36. The minimum Gasteiger partial charge on any atom is -0.497 e. The van der Waals surface area contributed by atoms with E-state index in [1.54, 1.807) is 37.4 Å². The number of nitrogens with zero attached hydrogens (tertiary/aromatic N) is 3. The molecule has 0 bridgehead atoms. The fourth-order valence-electron chi connectivity index (χ4n) is 3.74. The smallest absolute Gasteiger partial charge is 0.338 e. The van der Waals surface area contributed by atoms with Crippen molar-refractivity contribution in [3.8, 4) is 22.9 Å². The minimum absolute atomic E-state index is 0.00238. The molecule has 0 fully saturated rings. The number of amides is 2. The van der Waals surface area contributed by atoms with E-state index in [2.05, 4.69) is 10.1 Å². The number of imide groups is 1. The van der Waals surface area contributed by atoms with Crippen molar-refractivity contribution in [2.24, 2.45) is 0 Å². The van der Waals surface area contributed by atoms with Gasteiger partial charge in [0.05, 0.1) is 49.3 Å². The molecule has 11 nitrogen and oxygen atoms in total. The van der Waals surface area contributed by atoms with Gasteiger partial charge in [0.25, 0.3) is 17.7 Å². The highest BCUT2D eigenvalue weighted by atomic mass is 16.6. The first-order valence-corrected chi connectivity index (χ1v) is 10.7. The lowest BCUT2D eigenvalue weighted by Gasteiger charge is -2.11. The molecule has 2 aromatic heterocycles. The quantitative estimate of drug-likeness (QED) is 0.267. The van der Waals surface area contributed by atoms with Gasteiger partial charge in [-0.2, -0.15) is 4.98 Å². The third kappa shape index (κ3) is 4.17. The van der Waals surface area contributed by atoms with E-state index >= 15 is 0 Å². The molecule has 0 spiro atoms. The van der Waals surface area contributed by atoms with Crippen LogP contribution in [0.2, 0.25) is 0 Å². The van der Waals surface area contributed by atoms with Gasteiger partial charge in [-0.05, 0) is 42.5 Å². The molecule has 1 aliphatic heterocycles. The van der Waals surface area contributed by atoms with Crippen molar-refractivity contribution in [3.63, 3.8) is 0 Å². The van der Waals surface area contributed by atoms with Gasteiger partial charge in [0.15, 0.2) is 6.61 Å². The Labute approximate surface area is 204 Å². The Hall–Kier alpha value is -4.93. The Morgan fingerprint density at radius 3 is 2.53 bits per heavy atom. The van der Waals surface area contributed by atoms with E-state index in [1.807, 2.05) is 0 Å². The van der Waals surface area contributed by atoms with Gasteiger partial charge in [0.2, 0.25) is 5.82 Å². The predicted molar refractivity (Wildman–Crippen MR) is 121 cm³/mol. The Kier molecular flexibility index (Phi) is 5.95. The summed E-state index contributed by atoms with van der Waals surface area (Å²) in [4.78, 5) is 43.3. The molecule has 3 heterocycles. The van der Waals surface area contributed by atoms with Crippen LogP contribution in [0.25, 0.3) is 11.4 Å². The Bertz CT molecular complexity index is 1460. The molecule has 0 unspecified atom stereocenters. The topological polar surface area (TPSA) is 134 Å². The summed E-state index contributed by atoms with van der Waals surface area (Å²) in [6, 6.07) is 12.6. The highest BCUT2D eigenvalue weighted by molar-refractivity contribution is 6.21. The average molecular weight is 489 g/mol. The summed E-state index contributed by atoms with van der Waals surface area (Å²) in [7, 11) is 3.05. The number of hydrogen-bond donors (Lipinski definition) is 0. The zero-order valence-electron chi connectivity index (χ0n) is 19.2. The molecular weight excluding hydrogens is 470 g/mol. The monoisotopic (exact) mass is 489 g/mol. The van der Waals surface area contributed by atoms with Crippen LogP contribution in [-0.2, 0) is 17.9 Å². The number of fused-ring (bicyclic) bond motifs is 1. The third-order valence-electron chi connectivity index (χ3n) is 5.54. The van der Waals surface area contributed by atoms with Crippen molar-refractivity contribution in [2.45, 2.75) is 13.2 Å². The number of rotatable bonds is 8. The fraction of sp³-hybridized carbons (Fsp3) is 0.160. The Morgan fingerprint density at radius 1 is 0.972 bits per heavy atom. The zero-order chi connectivity index (χ0) is 25.2. The summed E-state index contributed by atoms with van der Waals surface area (Å²) >= 11 is 0. The van der Waals surface area contributed by atoms with Gasteiger partial charge in [0, 0.05) is 6.07 Å². The van der Waals surface area contributed by atoms with Crippen molar-refractivity contribution < 1.29 is 37.5 Å². The van der Waals surface area contributed by atoms with Crippen molar-refractivity contribution in [2.75, 3.05) is 14.2 Å². The lowest BCUT2D eigenvalue weighted by molar-refractivity contribution is 0.0429. The summed E-state index contributed by atoms with van der Waals surface area (Å²) in [5.41, 5.74) is 0.998. The third-order valence-corrected chi connectivity index (χ3v) is 5.54. The van der Waals surface area contributed by atoms with Gasteiger partial charge in [0.1, 0.15) is 17.3 Å². The van der Waals surface area contributed by atoms with Crippen molar-refractivity contribution in [1.82, 2.24) is 15.0 Å². The largest absolute Gasteiger partial charge is 0.497 e. The number of ether oxygens (including phenoxy) is 3. The maximum absolute atomic E-state index is 12.8. The number of methoxy groups -OCH3 is 2. The maximum atomic E-state index is 12.8. The van der Waals surface area contributed by atoms with Crippen LogP contribution in [0.4, 0.5) is 0 Å². The lowest BCUT2D eigenvalue weighted by atomic mass is 10.1. The molecule has 0 aliphatic carbocycles. The van der Waals surface area contributed by atoms with Crippen LogP contribution in [0.15, 0.2) is 63.7 Å². The van der Waals surface area contributed by atoms with Gasteiger partial charge in [-0.3, -0.25) is 14.5 Å². The first-order chi connectivity index (χ1) is 17.5. The van der Waals surface area contributed by atoms with Gasteiger partial charge < -0.3 is 23.2 Å². The van der Waals surface area contributed by atoms with Gasteiger partial charge in [-0.25, -0.2) is 4.79 Å². The van der Waals surface area contributed by atoms with Crippen molar-refractivity contribution in [1.29, 1.82) is 0 Å². The number of carbonyl (C=O) groups is 3. The molecule has 0 N–H and O–H groups in total. The predicted octanol–water partition coefficient (Wildman–Crippen LogP) is 3.50. The second-order valence-electron chi connectivity index (χ2n) is 7.69. The van der Waals surface area contributed by atoms with Gasteiger partial charge in [-0.1, -0.05) is 5.16 Å². The molecule has 5 rings (SSSR count). The van der Waals surface area contributed by atoms with E-state index in [0.717, 1.165) is 4.90 Å². The standard InChI is InChI=1S/C25H19N3O8/c1-32-15-6-8-18(20(11-15)33-2)22-26-21(36-27-22)13-35-25(31)14-5-7-17-19(10-14)24(30)28(23(17)29)12-16-4-3-9-34-16/h3-11H,12-13H2,1-2H3. The Balaban J connectivity index is 1.27. The van der Waals surface area contributed by atoms with E-state index in [4.69, 9.17) is 23.2 Å².